The molecule has 1 N–H and O–H groups in total. The quantitative estimate of drug-likeness (QED) is 0.931. The number of fused-ring (bicyclic) bond motifs is 1. The fraction of sp³-hybridized carbons (Fsp3) is 0.467. The van der Waals surface area contributed by atoms with Crippen LogP contribution in [0, 0.1) is 0 Å². The first-order valence-electron chi connectivity index (χ1n) is 7.06. The fourth-order valence-electron chi connectivity index (χ4n) is 2.86. The molecule has 20 heavy (non-hydrogen) atoms. The van der Waals surface area contributed by atoms with Crippen LogP contribution in [0.1, 0.15) is 49.3 Å². The number of hydrogen-bond acceptors (Lipinski definition) is 3. The second kappa shape index (κ2) is 5.66. The van der Waals surface area contributed by atoms with Gasteiger partial charge in [-0.3, -0.25) is 0 Å². The van der Waals surface area contributed by atoms with Crippen LogP contribution in [-0.2, 0) is 13.0 Å². The molecule has 1 atom stereocenters. The molecule has 0 bridgehead atoms. The lowest BCUT2D eigenvalue weighted by atomic mass is 10.1. The average Bonchev–Trinajstić information content (AvgIpc) is 3.03. The third-order valence-corrected chi connectivity index (χ3v) is 4.67. The van der Waals surface area contributed by atoms with E-state index in [1.54, 1.807) is 6.33 Å². The third-order valence-electron chi connectivity index (χ3n) is 3.92. The monoisotopic (exact) mass is 334 g/mol. The Bertz CT molecular complexity index is 606. The predicted molar refractivity (Wildman–Crippen MR) is 82.5 cm³/mol. The fourth-order valence-corrected chi connectivity index (χ4v) is 3.44. The van der Waals surface area contributed by atoms with Gasteiger partial charge in [0.15, 0.2) is 0 Å². The van der Waals surface area contributed by atoms with Crippen LogP contribution >= 0.6 is 15.9 Å². The molecule has 0 fully saturated rings. The van der Waals surface area contributed by atoms with Gasteiger partial charge in [-0.2, -0.15) is 0 Å². The highest BCUT2D eigenvalue weighted by Gasteiger charge is 2.23. The second-order valence-corrected chi connectivity index (χ2v) is 6.38. The Kier molecular flexibility index (Phi) is 3.89. The summed E-state index contributed by atoms with van der Waals surface area (Å²) in [5.41, 5.74) is 2.85. The molecule has 0 unspecified atom stereocenters. The minimum atomic E-state index is 0.395. The molecule has 0 amide bonds. The summed E-state index contributed by atoms with van der Waals surface area (Å²) in [7, 11) is 0. The lowest BCUT2D eigenvalue weighted by molar-refractivity contribution is 0.488. The smallest absolute Gasteiger partial charge is 0.147 e. The molecule has 0 radical (unpaired) electrons. The molecule has 1 heterocycles. The van der Waals surface area contributed by atoms with Gasteiger partial charge in [-0.05, 0) is 43.9 Å². The molecular formula is C15H19BrN4. The van der Waals surface area contributed by atoms with Crippen molar-refractivity contribution in [3.63, 3.8) is 0 Å². The van der Waals surface area contributed by atoms with E-state index in [0.717, 1.165) is 25.2 Å². The molecule has 1 aliphatic rings. The summed E-state index contributed by atoms with van der Waals surface area (Å²) in [4.78, 5) is 0. The molecule has 2 aromatic rings. The van der Waals surface area contributed by atoms with E-state index in [4.69, 9.17) is 0 Å². The summed E-state index contributed by atoms with van der Waals surface area (Å²) >= 11 is 3.64. The molecule has 1 aromatic carbocycles. The van der Waals surface area contributed by atoms with Crippen molar-refractivity contribution in [2.45, 2.75) is 45.3 Å². The molecule has 1 aromatic heterocycles. The zero-order chi connectivity index (χ0) is 14.1. The van der Waals surface area contributed by atoms with Gasteiger partial charge in [-0.1, -0.05) is 28.1 Å². The lowest BCUT2D eigenvalue weighted by Crippen LogP contribution is -2.21. The topological polar surface area (TPSA) is 42.7 Å². The van der Waals surface area contributed by atoms with E-state index in [2.05, 4.69) is 68.1 Å². The number of aromatic nitrogens is 3. The summed E-state index contributed by atoms with van der Waals surface area (Å²) in [6.07, 6.45) is 4.08. The summed E-state index contributed by atoms with van der Waals surface area (Å²) in [6.45, 7) is 5.05. The van der Waals surface area contributed by atoms with Crippen LogP contribution in [0.15, 0.2) is 29.0 Å². The van der Waals surface area contributed by atoms with Crippen molar-refractivity contribution in [1.29, 1.82) is 0 Å². The van der Waals surface area contributed by atoms with E-state index >= 15 is 0 Å². The highest BCUT2D eigenvalue weighted by molar-refractivity contribution is 9.10. The Hall–Kier alpha value is -1.20. The third kappa shape index (κ3) is 2.52. The SMILES string of the molecule is CC(C)n1cnnc1CN[C@@H]1CCc2c(Br)cccc21. The maximum absolute atomic E-state index is 4.21. The Morgan fingerprint density at radius 1 is 1.45 bits per heavy atom. The van der Waals surface area contributed by atoms with Gasteiger partial charge in [-0.25, -0.2) is 0 Å². The van der Waals surface area contributed by atoms with Gasteiger partial charge in [0.2, 0.25) is 0 Å². The molecular weight excluding hydrogens is 316 g/mol. The Morgan fingerprint density at radius 3 is 3.10 bits per heavy atom. The number of nitrogens with zero attached hydrogens (tertiary/aromatic N) is 3. The second-order valence-electron chi connectivity index (χ2n) is 5.53. The molecule has 5 heteroatoms. The minimum absolute atomic E-state index is 0.395. The van der Waals surface area contributed by atoms with E-state index in [1.807, 2.05) is 0 Å². The largest absolute Gasteiger partial charge is 0.314 e. The van der Waals surface area contributed by atoms with Crippen molar-refractivity contribution in [1.82, 2.24) is 20.1 Å². The van der Waals surface area contributed by atoms with Gasteiger partial charge >= 0.3 is 0 Å². The van der Waals surface area contributed by atoms with Gasteiger partial charge in [0.1, 0.15) is 12.2 Å². The van der Waals surface area contributed by atoms with Crippen molar-refractivity contribution in [3.8, 4) is 0 Å². The van der Waals surface area contributed by atoms with Crippen molar-refractivity contribution in [2.75, 3.05) is 0 Å². The number of rotatable bonds is 4. The highest BCUT2D eigenvalue weighted by Crippen LogP contribution is 2.35. The van der Waals surface area contributed by atoms with E-state index in [9.17, 15) is 0 Å². The summed E-state index contributed by atoms with van der Waals surface area (Å²) in [6, 6.07) is 7.26. The first kappa shape index (κ1) is 13.8. The molecule has 0 spiro atoms. The molecule has 0 saturated heterocycles. The van der Waals surface area contributed by atoms with E-state index in [1.165, 1.54) is 15.6 Å². The first-order chi connectivity index (χ1) is 9.66. The van der Waals surface area contributed by atoms with Crippen LogP contribution in [-0.4, -0.2) is 14.8 Å². The molecule has 106 valence electrons. The summed E-state index contributed by atoms with van der Waals surface area (Å²) in [5, 5.41) is 11.8. The number of hydrogen-bond donors (Lipinski definition) is 1. The standard InChI is InChI=1S/C15H19BrN4/c1-10(2)20-9-18-19-15(20)8-17-14-7-6-11-12(14)4-3-5-13(11)16/h3-5,9-10,14,17H,6-8H2,1-2H3/t14-/m1/s1. The van der Waals surface area contributed by atoms with Crippen molar-refractivity contribution in [2.24, 2.45) is 0 Å². The average molecular weight is 335 g/mol. The van der Waals surface area contributed by atoms with Crippen molar-refractivity contribution >= 4 is 15.9 Å². The molecule has 3 rings (SSSR count). The number of nitrogens with one attached hydrogen (secondary N) is 1. The molecule has 0 saturated carbocycles. The van der Waals surface area contributed by atoms with Crippen molar-refractivity contribution < 1.29 is 0 Å². The Morgan fingerprint density at radius 2 is 2.30 bits per heavy atom. The Labute approximate surface area is 127 Å². The first-order valence-corrected chi connectivity index (χ1v) is 7.85. The van der Waals surface area contributed by atoms with Crippen LogP contribution < -0.4 is 5.32 Å². The van der Waals surface area contributed by atoms with Gasteiger partial charge in [0, 0.05) is 16.6 Å². The normalized spacial score (nSPS) is 17.7. The van der Waals surface area contributed by atoms with Crippen molar-refractivity contribution in [3.05, 3.63) is 46.0 Å². The zero-order valence-corrected chi connectivity index (χ0v) is 13.4. The van der Waals surface area contributed by atoms with Gasteiger partial charge < -0.3 is 9.88 Å². The van der Waals surface area contributed by atoms with E-state index in [0.29, 0.717) is 12.1 Å². The number of halogens is 1. The van der Waals surface area contributed by atoms with Gasteiger partial charge in [-0.15, -0.1) is 10.2 Å². The molecule has 0 aliphatic heterocycles. The van der Waals surface area contributed by atoms with E-state index < -0.39 is 0 Å². The van der Waals surface area contributed by atoms with Crippen LogP contribution in [0.4, 0.5) is 0 Å². The maximum atomic E-state index is 4.21. The molecule has 1 aliphatic carbocycles. The summed E-state index contributed by atoms with van der Waals surface area (Å²) in [5.74, 6) is 1.00. The van der Waals surface area contributed by atoms with E-state index in [-0.39, 0.29) is 0 Å². The summed E-state index contributed by atoms with van der Waals surface area (Å²) < 4.78 is 3.34. The Balaban J connectivity index is 1.72. The van der Waals surface area contributed by atoms with Crippen LogP contribution in [0.3, 0.4) is 0 Å². The lowest BCUT2D eigenvalue weighted by Gasteiger charge is -2.15. The van der Waals surface area contributed by atoms with Crippen LogP contribution in [0.25, 0.3) is 0 Å². The number of benzene rings is 1. The maximum Gasteiger partial charge on any atom is 0.147 e. The van der Waals surface area contributed by atoms with Crippen LogP contribution in [0.2, 0.25) is 0 Å². The van der Waals surface area contributed by atoms with Gasteiger partial charge in [0.05, 0.1) is 6.54 Å². The minimum Gasteiger partial charge on any atom is -0.314 e. The predicted octanol–water partition coefficient (Wildman–Crippen LogP) is 3.40. The van der Waals surface area contributed by atoms with Gasteiger partial charge in [0.25, 0.3) is 0 Å². The molecule has 4 nitrogen and oxygen atoms in total. The highest BCUT2D eigenvalue weighted by atomic mass is 79.9. The van der Waals surface area contributed by atoms with Crippen LogP contribution in [0.5, 0.6) is 0 Å². The zero-order valence-electron chi connectivity index (χ0n) is 11.8.